The molecule has 2 aliphatic rings. The van der Waals surface area contributed by atoms with Gasteiger partial charge in [0.1, 0.15) is 5.60 Å². The fourth-order valence-corrected chi connectivity index (χ4v) is 11.8. The van der Waals surface area contributed by atoms with Crippen molar-refractivity contribution in [1.29, 1.82) is 0 Å². The van der Waals surface area contributed by atoms with E-state index in [9.17, 15) is 0 Å². The molecule has 3 heterocycles. The molecule has 0 amide bonds. The van der Waals surface area contributed by atoms with Gasteiger partial charge in [0.15, 0.2) is 11.6 Å². The molecule has 2 aromatic heterocycles. The first-order valence-corrected chi connectivity index (χ1v) is 25.4. The van der Waals surface area contributed by atoms with Crippen LogP contribution in [0.5, 0.6) is 0 Å². The summed E-state index contributed by atoms with van der Waals surface area (Å²) in [6.07, 6.45) is 3.70. The van der Waals surface area contributed by atoms with Crippen molar-refractivity contribution >= 4 is 44.9 Å². The molecule has 0 radical (unpaired) electrons. The summed E-state index contributed by atoms with van der Waals surface area (Å²) in [4.78, 5) is 19.4. The highest BCUT2D eigenvalue weighted by Gasteiger charge is 2.59. The third kappa shape index (κ3) is 7.16. The first-order chi connectivity index (χ1) is 35.5. The highest BCUT2D eigenvalue weighted by Crippen LogP contribution is 2.53. The molecule has 11 aromatic rings. The SMILES string of the molecule is CC(C)C1(C)OB(c2ccccc2)OC1(C)c1ccc(-c2ccnc(-c3ccc(-c4ccc5c6c4ccc4ccc7c(-c8ccc(-c9nccc(-c%10ccccc%10)n9)cc8)ccc(c7c46)C5(C)C)cc3)n2)cc1. The summed E-state index contributed by atoms with van der Waals surface area (Å²) >= 11 is 0. The van der Waals surface area contributed by atoms with Crippen LogP contribution in [0.2, 0.25) is 0 Å². The first kappa shape index (κ1) is 44.8. The summed E-state index contributed by atoms with van der Waals surface area (Å²) in [6.45, 7) is 13.5. The van der Waals surface area contributed by atoms with Crippen molar-refractivity contribution in [2.75, 3.05) is 0 Å². The van der Waals surface area contributed by atoms with Gasteiger partial charge in [0.2, 0.25) is 0 Å². The molecule has 1 saturated heterocycles. The lowest BCUT2D eigenvalue weighted by Crippen LogP contribution is -2.48. The van der Waals surface area contributed by atoms with Gasteiger partial charge >= 0.3 is 7.12 Å². The van der Waals surface area contributed by atoms with Gasteiger partial charge in [-0.15, -0.1) is 0 Å². The summed E-state index contributed by atoms with van der Waals surface area (Å²) < 4.78 is 13.6. The Hall–Kier alpha value is -8.10. The smallest absolute Gasteiger partial charge is 0.398 e. The average molecular weight is 945 g/mol. The minimum atomic E-state index is -0.673. The molecular formula is C66H53BN4O2. The molecule has 1 aliphatic carbocycles. The van der Waals surface area contributed by atoms with Crippen LogP contribution in [0.25, 0.3) is 99.9 Å². The highest BCUT2D eigenvalue weighted by molar-refractivity contribution is 6.62. The van der Waals surface area contributed by atoms with Crippen molar-refractivity contribution in [3.05, 3.63) is 223 Å². The molecule has 0 N–H and O–H groups in total. The van der Waals surface area contributed by atoms with E-state index in [-0.39, 0.29) is 11.3 Å². The minimum Gasteiger partial charge on any atom is -0.398 e. The molecular weight excluding hydrogens is 892 g/mol. The van der Waals surface area contributed by atoms with Crippen molar-refractivity contribution in [2.45, 2.75) is 58.2 Å². The second-order valence-corrected chi connectivity index (χ2v) is 20.9. The summed E-state index contributed by atoms with van der Waals surface area (Å²) in [5.41, 5.74) is 13.9. The molecule has 0 spiro atoms. The third-order valence-corrected chi connectivity index (χ3v) is 16.3. The van der Waals surface area contributed by atoms with E-state index in [0.717, 1.165) is 55.8 Å². The maximum atomic E-state index is 6.83. The van der Waals surface area contributed by atoms with E-state index in [1.165, 1.54) is 54.6 Å². The fraction of sp³-hybridized carbons (Fsp3) is 0.152. The number of benzene rings is 9. The van der Waals surface area contributed by atoms with E-state index in [4.69, 9.17) is 24.3 Å². The van der Waals surface area contributed by atoms with Crippen molar-refractivity contribution in [1.82, 2.24) is 19.9 Å². The molecule has 13 rings (SSSR count). The summed E-state index contributed by atoms with van der Waals surface area (Å²) in [7, 11) is -0.453. The number of hydrogen-bond donors (Lipinski definition) is 0. The second kappa shape index (κ2) is 17.0. The van der Waals surface area contributed by atoms with Crippen LogP contribution in [-0.2, 0) is 20.3 Å². The number of rotatable bonds is 9. The molecule has 7 heteroatoms. The van der Waals surface area contributed by atoms with E-state index in [0.29, 0.717) is 11.6 Å². The maximum Gasteiger partial charge on any atom is 0.495 e. The van der Waals surface area contributed by atoms with Crippen LogP contribution in [0.1, 0.15) is 58.2 Å². The van der Waals surface area contributed by atoms with Crippen LogP contribution in [0.4, 0.5) is 0 Å². The van der Waals surface area contributed by atoms with Crippen LogP contribution < -0.4 is 5.46 Å². The zero-order valence-corrected chi connectivity index (χ0v) is 41.9. The lowest BCUT2D eigenvalue weighted by molar-refractivity contribution is -0.0600. The Labute approximate surface area is 427 Å². The Morgan fingerprint density at radius 1 is 0.425 bits per heavy atom. The Bertz CT molecular complexity index is 3940. The van der Waals surface area contributed by atoms with Gasteiger partial charge in [-0.1, -0.05) is 210 Å². The Balaban J connectivity index is 0.814. The zero-order valence-electron chi connectivity index (χ0n) is 41.9. The molecule has 2 unspecified atom stereocenters. The summed E-state index contributed by atoms with van der Waals surface area (Å²) in [5.74, 6) is 1.61. The van der Waals surface area contributed by atoms with Crippen LogP contribution >= 0.6 is 0 Å². The van der Waals surface area contributed by atoms with E-state index in [1.807, 2.05) is 60.9 Å². The molecule has 1 fully saturated rings. The molecule has 2 atom stereocenters. The largest absolute Gasteiger partial charge is 0.495 e. The topological polar surface area (TPSA) is 70.0 Å². The van der Waals surface area contributed by atoms with E-state index in [2.05, 4.69) is 192 Å². The lowest BCUT2D eigenvalue weighted by atomic mass is 9.68. The van der Waals surface area contributed by atoms with Gasteiger partial charge < -0.3 is 9.31 Å². The van der Waals surface area contributed by atoms with Gasteiger partial charge in [-0.25, -0.2) is 19.9 Å². The Morgan fingerprint density at radius 3 is 1.40 bits per heavy atom. The molecule has 1 aliphatic heterocycles. The molecule has 9 aromatic carbocycles. The second-order valence-electron chi connectivity index (χ2n) is 20.9. The van der Waals surface area contributed by atoms with E-state index in [1.54, 1.807) is 0 Å². The maximum absolute atomic E-state index is 6.83. The molecule has 6 nitrogen and oxygen atoms in total. The molecule has 352 valence electrons. The van der Waals surface area contributed by atoms with Crippen molar-refractivity contribution in [2.24, 2.45) is 5.92 Å². The monoisotopic (exact) mass is 944 g/mol. The molecule has 73 heavy (non-hydrogen) atoms. The summed E-state index contributed by atoms with van der Waals surface area (Å²) in [5, 5.41) is 7.76. The fourth-order valence-electron chi connectivity index (χ4n) is 11.8. The quantitative estimate of drug-likeness (QED) is 0.106. The Morgan fingerprint density at radius 2 is 0.890 bits per heavy atom. The zero-order chi connectivity index (χ0) is 49.6. The molecule has 0 bridgehead atoms. The van der Waals surface area contributed by atoms with E-state index >= 15 is 0 Å². The van der Waals surface area contributed by atoms with Crippen molar-refractivity contribution in [3.8, 4) is 67.5 Å². The van der Waals surface area contributed by atoms with Crippen molar-refractivity contribution in [3.63, 3.8) is 0 Å². The average Bonchev–Trinajstić information content (AvgIpc) is 3.74. The predicted molar refractivity (Wildman–Crippen MR) is 299 cm³/mol. The number of aromatic nitrogens is 4. The van der Waals surface area contributed by atoms with Crippen LogP contribution in [0, 0.1) is 5.92 Å². The van der Waals surface area contributed by atoms with Gasteiger partial charge in [0.25, 0.3) is 0 Å². The van der Waals surface area contributed by atoms with Crippen LogP contribution in [-0.4, -0.2) is 32.7 Å². The van der Waals surface area contributed by atoms with Gasteiger partial charge in [0.05, 0.1) is 17.0 Å². The first-order valence-electron chi connectivity index (χ1n) is 25.4. The van der Waals surface area contributed by atoms with Gasteiger partial charge in [-0.3, -0.25) is 0 Å². The van der Waals surface area contributed by atoms with Crippen LogP contribution in [0.15, 0.2) is 207 Å². The lowest BCUT2D eigenvalue weighted by Gasteiger charge is -2.42. The van der Waals surface area contributed by atoms with Gasteiger partial charge in [0, 0.05) is 40.1 Å². The standard InChI is InChI=1S/C66H53BN4O2/c1-41(2)65(5)66(6,73-67(72-65)50-15-11-8-12-16-50)49-29-25-45(26-30-49)58-38-40-69-63(71-58)48-23-19-43(20-24-48)52-34-36-56-61-54(52)32-28-46-27-31-53-51(33-35-55(64(56,3)4)60(53)59(46)61)42-17-21-47(22-18-42)62-68-39-37-57(70-62)44-13-9-7-10-14-44/h7-41H,1-6H3. The van der Waals surface area contributed by atoms with E-state index < -0.39 is 18.3 Å². The van der Waals surface area contributed by atoms with Gasteiger partial charge in [-0.2, -0.15) is 0 Å². The summed E-state index contributed by atoms with van der Waals surface area (Å²) in [6, 6.07) is 69.1. The minimum absolute atomic E-state index is 0.207. The Kier molecular flexibility index (Phi) is 10.4. The number of hydrogen-bond acceptors (Lipinski definition) is 6. The van der Waals surface area contributed by atoms with Gasteiger partial charge in [-0.05, 0) is 109 Å². The molecule has 0 saturated carbocycles. The third-order valence-electron chi connectivity index (χ3n) is 16.3. The highest BCUT2D eigenvalue weighted by atomic mass is 16.7. The predicted octanol–water partition coefficient (Wildman–Crippen LogP) is 15.4. The number of nitrogens with zero attached hydrogens (tertiary/aromatic N) is 4. The normalized spacial score (nSPS) is 17.9. The van der Waals surface area contributed by atoms with Crippen LogP contribution in [0.3, 0.4) is 0 Å². The van der Waals surface area contributed by atoms with Crippen molar-refractivity contribution < 1.29 is 9.31 Å².